The van der Waals surface area contributed by atoms with Gasteiger partial charge in [-0.2, -0.15) is 4.31 Å². The first-order valence-corrected chi connectivity index (χ1v) is 11.9. The third-order valence-electron chi connectivity index (χ3n) is 5.39. The van der Waals surface area contributed by atoms with Crippen LogP contribution >= 0.6 is 0 Å². The summed E-state index contributed by atoms with van der Waals surface area (Å²) >= 11 is 0. The van der Waals surface area contributed by atoms with Crippen molar-refractivity contribution >= 4 is 16.0 Å². The lowest BCUT2D eigenvalue weighted by molar-refractivity contribution is -0.150. The Morgan fingerprint density at radius 3 is 2.39 bits per heavy atom. The number of benzene rings is 2. The van der Waals surface area contributed by atoms with Crippen LogP contribution in [-0.4, -0.2) is 52.1 Å². The van der Waals surface area contributed by atoms with Crippen LogP contribution in [0.15, 0.2) is 53.4 Å². The molecule has 0 saturated carbocycles. The number of sulfonamides is 1. The number of hydrogen-bond donors (Lipinski definition) is 0. The van der Waals surface area contributed by atoms with Gasteiger partial charge in [0.25, 0.3) is 0 Å². The normalized spacial score (nSPS) is 15.4. The molecule has 0 bridgehead atoms. The Labute approximate surface area is 184 Å². The molecule has 3 rings (SSSR count). The van der Waals surface area contributed by atoms with Crippen molar-refractivity contribution in [3.63, 3.8) is 0 Å². The zero-order valence-electron chi connectivity index (χ0n) is 18.0. The van der Waals surface area contributed by atoms with Crippen LogP contribution in [0.3, 0.4) is 0 Å². The molecule has 0 aliphatic carbocycles. The number of hydrogen-bond acceptors (Lipinski definition) is 6. The summed E-state index contributed by atoms with van der Waals surface area (Å²) in [6, 6.07) is 14.1. The topological polar surface area (TPSA) is 82.1 Å². The van der Waals surface area contributed by atoms with Crippen LogP contribution in [0.4, 0.5) is 0 Å². The number of aryl methyl sites for hydroxylation is 1. The van der Waals surface area contributed by atoms with Gasteiger partial charge < -0.3 is 14.2 Å². The van der Waals surface area contributed by atoms with Crippen LogP contribution in [0.5, 0.6) is 11.5 Å². The fraction of sp³-hybridized carbons (Fsp3) is 0.435. The smallest absolute Gasteiger partial charge is 0.309 e. The molecular weight excluding hydrogens is 418 g/mol. The molecule has 0 spiro atoms. The van der Waals surface area contributed by atoms with E-state index in [-0.39, 0.29) is 43.1 Å². The first kappa shape index (κ1) is 23.1. The van der Waals surface area contributed by atoms with Crippen molar-refractivity contribution in [1.82, 2.24) is 4.31 Å². The lowest BCUT2D eigenvalue weighted by atomic mass is 9.98. The molecule has 31 heavy (non-hydrogen) atoms. The molecule has 1 fully saturated rings. The summed E-state index contributed by atoms with van der Waals surface area (Å²) in [6.45, 7) is 3.10. The van der Waals surface area contributed by atoms with Gasteiger partial charge in [0, 0.05) is 13.1 Å². The van der Waals surface area contributed by atoms with Crippen LogP contribution in [0.1, 0.15) is 25.3 Å². The fourth-order valence-corrected chi connectivity index (χ4v) is 4.97. The van der Waals surface area contributed by atoms with E-state index in [1.807, 2.05) is 24.3 Å². The van der Waals surface area contributed by atoms with Gasteiger partial charge >= 0.3 is 5.97 Å². The Balaban J connectivity index is 1.43. The quantitative estimate of drug-likeness (QED) is 0.433. The molecule has 0 radical (unpaired) electrons. The van der Waals surface area contributed by atoms with Crippen molar-refractivity contribution in [2.45, 2.75) is 31.1 Å². The van der Waals surface area contributed by atoms with E-state index < -0.39 is 10.0 Å². The maximum Gasteiger partial charge on any atom is 0.309 e. The van der Waals surface area contributed by atoms with E-state index in [0.717, 1.165) is 12.2 Å². The Kier molecular flexibility index (Phi) is 7.92. The number of carbonyl (C=O) groups is 1. The molecule has 168 valence electrons. The molecule has 1 aliphatic rings. The van der Waals surface area contributed by atoms with Crippen molar-refractivity contribution in [1.29, 1.82) is 0 Å². The third kappa shape index (κ3) is 5.98. The predicted octanol–water partition coefficient (Wildman–Crippen LogP) is 3.28. The van der Waals surface area contributed by atoms with Crippen LogP contribution in [0.2, 0.25) is 0 Å². The minimum Gasteiger partial charge on any atom is -0.497 e. The number of carbonyl (C=O) groups excluding carboxylic acids is 1. The first-order valence-electron chi connectivity index (χ1n) is 10.5. The number of ether oxygens (including phenoxy) is 3. The fourth-order valence-electron chi connectivity index (χ4n) is 3.50. The van der Waals surface area contributed by atoms with Gasteiger partial charge in [0.2, 0.25) is 10.0 Å². The summed E-state index contributed by atoms with van der Waals surface area (Å²) in [5, 5.41) is 0. The number of piperidine rings is 1. The maximum absolute atomic E-state index is 12.8. The number of methoxy groups -OCH3 is 1. The molecule has 1 aliphatic heterocycles. The van der Waals surface area contributed by atoms with Crippen LogP contribution in [0, 0.1) is 5.92 Å². The first-order chi connectivity index (χ1) is 14.9. The molecule has 0 aromatic heterocycles. The van der Waals surface area contributed by atoms with E-state index in [4.69, 9.17) is 14.2 Å². The molecule has 1 heterocycles. The van der Waals surface area contributed by atoms with Crippen molar-refractivity contribution in [3.05, 3.63) is 54.1 Å². The summed E-state index contributed by atoms with van der Waals surface area (Å²) in [4.78, 5) is 12.6. The summed E-state index contributed by atoms with van der Waals surface area (Å²) < 4.78 is 43.1. The highest BCUT2D eigenvalue weighted by Gasteiger charge is 2.32. The summed E-state index contributed by atoms with van der Waals surface area (Å²) in [6.07, 6.45) is 1.81. The van der Waals surface area contributed by atoms with Gasteiger partial charge in [-0.05, 0) is 61.2 Å². The Bertz CT molecular complexity index is 966. The minimum atomic E-state index is -3.59. The Morgan fingerprint density at radius 1 is 1.03 bits per heavy atom. The van der Waals surface area contributed by atoms with E-state index in [9.17, 15) is 13.2 Å². The van der Waals surface area contributed by atoms with Crippen LogP contribution in [-0.2, 0) is 26.0 Å². The summed E-state index contributed by atoms with van der Waals surface area (Å²) in [7, 11) is -2.06. The maximum atomic E-state index is 12.8. The number of nitrogens with zero attached hydrogens (tertiary/aromatic N) is 1. The monoisotopic (exact) mass is 447 g/mol. The second-order valence-electron chi connectivity index (χ2n) is 7.37. The van der Waals surface area contributed by atoms with E-state index in [2.05, 4.69) is 6.92 Å². The van der Waals surface area contributed by atoms with E-state index in [0.29, 0.717) is 18.6 Å². The van der Waals surface area contributed by atoms with Gasteiger partial charge in [-0.25, -0.2) is 8.42 Å². The van der Waals surface area contributed by atoms with Gasteiger partial charge in [-0.3, -0.25) is 4.79 Å². The molecule has 8 heteroatoms. The average molecular weight is 448 g/mol. The van der Waals surface area contributed by atoms with E-state index in [1.165, 1.54) is 29.1 Å². The van der Waals surface area contributed by atoms with Gasteiger partial charge in [0.15, 0.2) is 0 Å². The van der Waals surface area contributed by atoms with Gasteiger partial charge in [-0.1, -0.05) is 19.1 Å². The molecule has 0 N–H and O–H groups in total. The summed E-state index contributed by atoms with van der Waals surface area (Å²) in [5.41, 5.74) is 1.19. The lowest BCUT2D eigenvalue weighted by Crippen LogP contribution is -2.40. The van der Waals surface area contributed by atoms with Gasteiger partial charge in [0.1, 0.15) is 24.7 Å². The van der Waals surface area contributed by atoms with Crippen LogP contribution < -0.4 is 9.47 Å². The van der Waals surface area contributed by atoms with E-state index >= 15 is 0 Å². The third-order valence-corrected chi connectivity index (χ3v) is 7.30. The predicted molar refractivity (Wildman–Crippen MR) is 117 cm³/mol. The standard InChI is InChI=1S/C23H29NO6S/c1-3-18-5-4-6-21(17-18)29-15-16-30-23(25)19-11-13-24(14-12-19)31(26,27)22-9-7-20(28-2)8-10-22/h4-10,17,19H,3,11-16H2,1-2H3. The SMILES string of the molecule is CCc1cccc(OCCOC(=O)C2CCN(S(=O)(=O)c3ccc(OC)cc3)CC2)c1. The Morgan fingerprint density at radius 2 is 1.74 bits per heavy atom. The van der Waals surface area contributed by atoms with Crippen LogP contribution in [0.25, 0.3) is 0 Å². The molecule has 1 saturated heterocycles. The summed E-state index contributed by atoms with van der Waals surface area (Å²) in [5.74, 6) is 0.757. The minimum absolute atomic E-state index is 0.166. The highest BCUT2D eigenvalue weighted by atomic mass is 32.2. The lowest BCUT2D eigenvalue weighted by Gasteiger charge is -2.30. The number of esters is 1. The zero-order chi connectivity index (χ0) is 22.3. The van der Waals surface area contributed by atoms with Crippen molar-refractivity contribution in [2.24, 2.45) is 5.92 Å². The highest BCUT2D eigenvalue weighted by molar-refractivity contribution is 7.89. The zero-order valence-corrected chi connectivity index (χ0v) is 18.8. The molecule has 0 unspecified atom stereocenters. The number of rotatable bonds is 9. The molecular formula is C23H29NO6S. The second-order valence-corrected chi connectivity index (χ2v) is 9.31. The largest absolute Gasteiger partial charge is 0.497 e. The van der Waals surface area contributed by atoms with Gasteiger partial charge in [-0.15, -0.1) is 0 Å². The molecule has 2 aromatic carbocycles. The average Bonchev–Trinajstić information content (AvgIpc) is 2.82. The molecule has 0 atom stereocenters. The van der Waals surface area contributed by atoms with Crippen molar-refractivity contribution < 1.29 is 27.4 Å². The Hall–Kier alpha value is -2.58. The highest BCUT2D eigenvalue weighted by Crippen LogP contribution is 2.25. The van der Waals surface area contributed by atoms with Crippen molar-refractivity contribution in [3.8, 4) is 11.5 Å². The molecule has 2 aromatic rings. The van der Waals surface area contributed by atoms with E-state index in [1.54, 1.807) is 12.1 Å². The molecule has 7 nitrogen and oxygen atoms in total. The van der Waals surface area contributed by atoms with Crippen molar-refractivity contribution in [2.75, 3.05) is 33.4 Å². The molecule has 0 amide bonds. The van der Waals surface area contributed by atoms with Gasteiger partial charge in [0.05, 0.1) is 17.9 Å². The second kappa shape index (κ2) is 10.6.